The highest BCUT2D eigenvalue weighted by Crippen LogP contribution is 2.23. The van der Waals surface area contributed by atoms with Gasteiger partial charge in [-0.1, -0.05) is 43.2 Å². The molecule has 0 N–H and O–H groups in total. The number of fused-ring (bicyclic) bond motifs is 1. The van der Waals surface area contributed by atoms with Gasteiger partial charge in [0.2, 0.25) is 0 Å². The molecule has 2 aromatic carbocycles. The number of ether oxygens (including phenoxy) is 1. The number of aromatic nitrogens is 2. The van der Waals surface area contributed by atoms with E-state index >= 15 is 0 Å². The van der Waals surface area contributed by atoms with E-state index < -0.39 is 0 Å². The van der Waals surface area contributed by atoms with Crippen molar-refractivity contribution in [1.82, 2.24) is 14.5 Å². The van der Waals surface area contributed by atoms with Gasteiger partial charge in [-0.15, -0.1) is 0 Å². The number of para-hydroxylation sites is 3. The Kier molecular flexibility index (Phi) is 7.63. The van der Waals surface area contributed by atoms with E-state index in [4.69, 9.17) is 9.72 Å². The number of hydrogen-bond donors (Lipinski definition) is 0. The number of imidazole rings is 1. The van der Waals surface area contributed by atoms with Crippen LogP contribution >= 0.6 is 0 Å². The molecule has 1 saturated heterocycles. The Bertz CT molecular complexity index is 950. The number of nitrogens with zero attached hydrogens (tertiary/aromatic N) is 3. The molecule has 4 rings (SSSR count). The van der Waals surface area contributed by atoms with Crippen molar-refractivity contribution >= 4 is 11.0 Å². The molecule has 4 heteroatoms. The molecule has 0 amide bonds. The first-order chi connectivity index (χ1) is 15.2. The molecular weight excluding hydrogens is 382 g/mol. The molecule has 4 nitrogen and oxygen atoms in total. The summed E-state index contributed by atoms with van der Waals surface area (Å²) in [6, 6.07) is 14.9. The van der Waals surface area contributed by atoms with Crippen LogP contribution in [0.25, 0.3) is 11.0 Å². The summed E-state index contributed by atoms with van der Waals surface area (Å²) in [5, 5.41) is 0. The summed E-state index contributed by atoms with van der Waals surface area (Å²) in [5.41, 5.74) is 4.78. The quantitative estimate of drug-likeness (QED) is 0.403. The molecule has 1 aliphatic heterocycles. The molecule has 0 radical (unpaired) electrons. The molecule has 0 aliphatic carbocycles. The van der Waals surface area contributed by atoms with E-state index in [9.17, 15) is 0 Å². The molecule has 2 heterocycles. The minimum atomic E-state index is 0.728. The topological polar surface area (TPSA) is 30.3 Å². The number of likely N-dealkylation sites (tertiary alicyclic amines) is 1. The highest BCUT2D eigenvalue weighted by Gasteiger charge is 2.13. The van der Waals surface area contributed by atoms with Crippen molar-refractivity contribution in [2.24, 2.45) is 0 Å². The van der Waals surface area contributed by atoms with Crippen LogP contribution in [0.1, 0.15) is 55.5 Å². The number of rotatable bonds is 9. The molecule has 0 saturated carbocycles. The first-order valence-corrected chi connectivity index (χ1v) is 12.1. The lowest BCUT2D eigenvalue weighted by Crippen LogP contribution is -2.26. The second kappa shape index (κ2) is 10.8. The van der Waals surface area contributed by atoms with E-state index in [2.05, 4.69) is 65.8 Å². The monoisotopic (exact) mass is 419 g/mol. The van der Waals surface area contributed by atoms with Crippen molar-refractivity contribution in [1.29, 1.82) is 0 Å². The summed E-state index contributed by atoms with van der Waals surface area (Å²) in [6.45, 7) is 9.65. The van der Waals surface area contributed by atoms with E-state index in [0.717, 1.165) is 37.3 Å². The molecule has 1 aromatic heterocycles. The fraction of sp³-hybridized carbons (Fsp3) is 0.519. The Morgan fingerprint density at radius 2 is 1.58 bits per heavy atom. The van der Waals surface area contributed by atoms with Crippen LogP contribution in [0, 0.1) is 13.8 Å². The molecule has 0 atom stereocenters. The van der Waals surface area contributed by atoms with Crippen LogP contribution in [0.3, 0.4) is 0 Å². The first-order valence-electron chi connectivity index (χ1n) is 12.1. The Morgan fingerprint density at radius 1 is 0.839 bits per heavy atom. The summed E-state index contributed by atoms with van der Waals surface area (Å²) in [6.07, 6.45) is 8.73. The Morgan fingerprint density at radius 3 is 2.35 bits per heavy atom. The number of hydrogen-bond acceptors (Lipinski definition) is 3. The third-order valence-electron chi connectivity index (χ3n) is 6.49. The molecule has 31 heavy (non-hydrogen) atoms. The zero-order chi connectivity index (χ0) is 21.5. The maximum Gasteiger partial charge on any atom is 0.125 e. The molecule has 0 bridgehead atoms. The minimum absolute atomic E-state index is 0.728. The van der Waals surface area contributed by atoms with Gasteiger partial charge in [-0.3, -0.25) is 0 Å². The molecule has 0 spiro atoms. The maximum absolute atomic E-state index is 6.15. The lowest BCUT2D eigenvalue weighted by Gasteiger charge is -2.19. The van der Waals surface area contributed by atoms with Crippen molar-refractivity contribution in [2.75, 3.05) is 26.2 Å². The van der Waals surface area contributed by atoms with Crippen molar-refractivity contribution in [3.05, 3.63) is 59.4 Å². The number of aryl methyl sites for hydroxylation is 4. The van der Waals surface area contributed by atoms with Crippen LogP contribution < -0.4 is 4.74 Å². The molecule has 166 valence electrons. The van der Waals surface area contributed by atoms with Crippen LogP contribution in [0.4, 0.5) is 0 Å². The fourth-order valence-corrected chi connectivity index (χ4v) is 4.81. The van der Waals surface area contributed by atoms with E-state index in [1.165, 1.54) is 74.2 Å². The van der Waals surface area contributed by atoms with Gasteiger partial charge in [0.25, 0.3) is 0 Å². The lowest BCUT2D eigenvalue weighted by atomic mass is 10.1. The van der Waals surface area contributed by atoms with Crippen molar-refractivity contribution < 1.29 is 4.74 Å². The second-order valence-corrected chi connectivity index (χ2v) is 8.95. The zero-order valence-corrected chi connectivity index (χ0v) is 19.3. The molecule has 3 aromatic rings. The van der Waals surface area contributed by atoms with Gasteiger partial charge < -0.3 is 14.2 Å². The minimum Gasteiger partial charge on any atom is -0.493 e. The van der Waals surface area contributed by atoms with Gasteiger partial charge in [0.05, 0.1) is 17.6 Å². The van der Waals surface area contributed by atoms with E-state index in [1.54, 1.807) is 0 Å². The molecule has 1 fully saturated rings. The normalized spacial score (nSPS) is 15.3. The van der Waals surface area contributed by atoms with Gasteiger partial charge in [-0.2, -0.15) is 0 Å². The van der Waals surface area contributed by atoms with E-state index in [-0.39, 0.29) is 0 Å². The molecular formula is C27H37N3O. The van der Waals surface area contributed by atoms with Gasteiger partial charge in [0.1, 0.15) is 11.6 Å². The standard InChI is InChI=1S/C27H37N3O/c1-22-12-9-13-23(2)27(22)31-21-11-20-30-25-15-6-5-14-24(25)28-26(30)16-10-19-29-17-7-3-4-8-18-29/h5-6,9,12-15H,3-4,7-8,10-11,16-21H2,1-2H3. The first kappa shape index (κ1) is 21.9. The maximum atomic E-state index is 6.15. The summed E-state index contributed by atoms with van der Waals surface area (Å²) < 4.78 is 8.57. The average molecular weight is 420 g/mol. The highest BCUT2D eigenvalue weighted by atomic mass is 16.5. The summed E-state index contributed by atoms with van der Waals surface area (Å²) >= 11 is 0. The van der Waals surface area contributed by atoms with E-state index in [0.29, 0.717) is 0 Å². The smallest absolute Gasteiger partial charge is 0.125 e. The predicted molar refractivity (Wildman–Crippen MR) is 129 cm³/mol. The Labute approximate surface area is 187 Å². The van der Waals surface area contributed by atoms with Gasteiger partial charge >= 0.3 is 0 Å². The fourth-order valence-electron chi connectivity index (χ4n) is 4.81. The van der Waals surface area contributed by atoms with Crippen molar-refractivity contribution in [2.45, 2.75) is 65.3 Å². The van der Waals surface area contributed by atoms with Crippen LogP contribution in [-0.2, 0) is 13.0 Å². The van der Waals surface area contributed by atoms with Crippen LogP contribution in [0.15, 0.2) is 42.5 Å². The SMILES string of the molecule is Cc1cccc(C)c1OCCCn1c(CCCN2CCCCCC2)nc2ccccc21. The van der Waals surface area contributed by atoms with Crippen molar-refractivity contribution in [3.8, 4) is 5.75 Å². The summed E-state index contributed by atoms with van der Waals surface area (Å²) in [7, 11) is 0. The number of benzene rings is 2. The van der Waals surface area contributed by atoms with Gasteiger partial charge in [0.15, 0.2) is 0 Å². The largest absolute Gasteiger partial charge is 0.493 e. The second-order valence-electron chi connectivity index (χ2n) is 8.95. The van der Waals surface area contributed by atoms with Crippen LogP contribution in [-0.4, -0.2) is 40.7 Å². The Hall–Kier alpha value is -2.33. The zero-order valence-electron chi connectivity index (χ0n) is 19.3. The molecule has 1 aliphatic rings. The van der Waals surface area contributed by atoms with Gasteiger partial charge in [0, 0.05) is 13.0 Å². The van der Waals surface area contributed by atoms with Crippen LogP contribution in [0.5, 0.6) is 5.75 Å². The van der Waals surface area contributed by atoms with E-state index in [1.807, 2.05) is 0 Å². The summed E-state index contributed by atoms with van der Waals surface area (Å²) in [4.78, 5) is 7.63. The van der Waals surface area contributed by atoms with Crippen molar-refractivity contribution in [3.63, 3.8) is 0 Å². The predicted octanol–water partition coefficient (Wildman–Crippen LogP) is 5.93. The summed E-state index contributed by atoms with van der Waals surface area (Å²) in [5.74, 6) is 2.26. The van der Waals surface area contributed by atoms with Crippen LogP contribution in [0.2, 0.25) is 0 Å². The third-order valence-corrected chi connectivity index (χ3v) is 6.49. The third kappa shape index (κ3) is 5.68. The average Bonchev–Trinajstić information content (AvgIpc) is 2.92. The van der Waals surface area contributed by atoms with Gasteiger partial charge in [-0.05, 0) is 82.4 Å². The molecule has 0 unspecified atom stereocenters. The van der Waals surface area contributed by atoms with Gasteiger partial charge in [-0.25, -0.2) is 4.98 Å². The highest BCUT2D eigenvalue weighted by molar-refractivity contribution is 5.75. The lowest BCUT2D eigenvalue weighted by molar-refractivity contribution is 0.280. The Balaban J connectivity index is 1.36.